The van der Waals surface area contributed by atoms with Crippen molar-refractivity contribution in [3.8, 4) is 5.75 Å². The number of carbonyl (C=O) groups is 1. The van der Waals surface area contributed by atoms with Crippen molar-refractivity contribution in [2.45, 2.75) is 6.54 Å². The number of benzene rings is 1. The molecule has 0 radical (unpaired) electrons. The van der Waals surface area contributed by atoms with E-state index in [1.165, 1.54) is 17.6 Å². The minimum Gasteiger partial charge on any atom is -0.497 e. The van der Waals surface area contributed by atoms with Crippen molar-refractivity contribution >= 4 is 32.6 Å². The Kier molecular flexibility index (Phi) is 4.37. The van der Waals surface area contributed by atoms with Gasteiger partial charge in [-0.25, -0.2) is 4.98 Å². The lowest BCUT2D eigenvalue weighted by Crippen LogP contribution is -2.30. The highest BCUT2D eigenvalue weighted by Gasteiger charge is 2.23. The maximum Gasteiger partial charge on any atom is 0.296 e. The molecule has 6 nitrogen and oxygen atoms in total. The second-order valence-electron chi connectivity index (χ2n) is 5.55. The van der Waals surface area contributed by atoms with Gasteiger partial charge in [0.15, 0.2) is 10.9 Å². The van der Waals surface area contributed by atoms with E-state index in [9.17, 15) is 4.79 Å². The van der Waals surface area contributed by atoms with E-state index >= 15 is 0 Å². The molecule has 0 aliphatic heterocycles. The fraction of sp³-hybridized carbons (Fsp3) is 0.105. The third kappa shape index (κ3) is 3.16. The molecule has 4 rings (SSSR count). The number of hydrogen-bond donors (Lipinski definition) is 0. The first-order valence-electron chi connectivity index (χ1n) is 7.93. The van der Waals surface area contributed by atoms with Crippen molar-refractivity contribution in [1.29, 1.82) is 0 Å². The third-order valence-electron chi connectivity index (χ3n) is 3.88. The summed E-state index contributed by atoms with van der Waals surface area (Å²) >= 11 is 1.45. The van der Waals surface area contributed by atoms with E-state index in [0.29, 0.717) is 11.7 Å². The Labute approximate surface area is 153 Å². The number of fused-ring (bicyclic) bond motifs is 1. The Balaban J connectivity index is 1.75. The number of carbonyl (C=O) groups excluding carboxylic acids is 1. The molecule has 0 aliphatic rings. The average Bonchev–Trinajstić information content (AvgIpc) is 3.35. The van der Waals surface area contributed by atoms with Gasteiger partial charge in [0.2, 0.25) is 0 Å². The van der Waals surface area contributed by atoms with E-state index in [1.807, 2.05) is 30.3 Å². The van der Waals surface area contributed by atoms with Crippen LogP contribution in [0.4, 0.5) is 5.13 Å². The number of methoxy groups -OCH3 is 1. The maximum absolute atomic E-state index is 13.0. The van der Waals surface area contributed by atoms with Crippen LogP contribution in [-0.4, -0.2) is 23.0 Å². The number of anilines is 1. The number of pyridine rings is 1. The van der Waals surface area contributed by atoms with Gasteiger partial charge in [0.1, 0.15) is 5.75 Å². The lowest BCUT2D eigenvalue weighted by Gasteiger charge is -2.18. The van der Waals surface area contributed by atoms with Gasteiger partial charge >= 0.3 is 0 Å². The third-order valence-corrected chi connectivity index (χ3v) is 4.94. The average molecular weight is 365 g/mol. The van der Waals surface area contributed by atoms with E-state index in [0.717, 1.165) is 21.5 Å². The Morgan fingerprint density at radius 3 is 2.81 bits per heavy atom. The summed E-state index contributed by atoms with van der Waals surface area (Å²) in [5.41, 5.74) is 1.74. The van der Waals surface area contributed by atoms with Crippen LogP contribution in [0.3, 0.4) is 0 Å². The second-order valence-corrected chi connectivity index (χ2v) is 6.56. The van der Waals surface area contributed by atoms with Crippen LogP contribution in [0, 0.1) is 0 Å². The van der Waals surface area contributed by atoms with Gasteiger partial charge in [-0.15, -0.1) is 0 Å². The first kappa shape index (κ1) is 16.3. The molecule has 3 aromatic heterocycles. The Bertz CT molecular complexity index is 1030. The van der Waals surface area contributed by atoms with Crippen molar-refractivity contribution in [3.05, 3.63) is 72.4 Å². The van der Waals surface area contributed by atoms with Crippen LogP contribution in [-0.2, 0) is 6.54 Å². The molecule has 0 spiro atoms. The highest BCUT2D eigenvalue weighted by atomic mass is 32.1. The largest absolute Gasteiger partial charge is 0.497 e. The van der Waals surface area contributed by atoms with Crippen molar-refractivity contribution in [3.63, 3.8) is 0 Å². The van der Waals surface area contributed by atoms with Gasteiger partial charge in [0.25, 0.3) is 5.91 Å². The van der Waals surface area contributed by atoms with Gasteiger partial charge in [-0.1, -0.05) is 11.3 Å². The number of rotatable bonds is 5. The SMILES string of the molecule is COc1ccc2sc(N(Cc3ccncc3)C(=O)c3ccco3)nc2c1. The summed E-state index contributed by atoms with van der Waals surface area (Å²) in [4.78, 5) is 23.2. The number of amides is 1. The summed E-state index contributed by atoms with van der Waals surface area (Å²) < 4.78 is 11.5. The number of furan rings is 1. The molecular weight excluding hydrogens is 350 g/mol. The molecule has 0 unspecified atom stereocenters. The molecule has 0 saturated heterocycles. The molecule has 3 heterocycles. The molecule has 0 fully saturated rings. The minimum atomic E-state index is -0.238. The topological polar surface area (TPSA) is 68.5 Å². The maximum atomic E-state index is 13.0. The number of ether oxygens (including phenoxy) is 1. The van der Waals surface area contributed by atoms with Gasteiger partial charge < -0.3 is 9.15 Å². The van der Waals surface area contributed by atoms with Gasteiger partial charge in [-0.3, -0.25) is 14.7 Å². The Morgan fingerprint density at radius 1 is 1.23 bits per heavy atom. The summed E-state index contributed by atoms with van der Waals surface area (Å²) in [7, 11) is 1.62. The molecule has 0 saturated carbocycles. The van der Waals surface area contributed by atoms with E-state index < -0.39 is 0 Å². The quantitative estimate of drug-likeness (QED) is 0.532. The minimum absolute atomic E-state index is 0.238. The Morgan fingerprint density at radius 2 is 2.08 bits per heavy atom. The first-order chi connectivity index (χ1) is 12.7. The lowest BCUT2D eigenvalue weighted by atomic mass is 10.2. The molecule has 1 aromatic carbocycles. The molecule has 0 N–H and O–H groups in total. The van der Waals surface area contributed by atoms with Crippen LogP contribution < -0.4 is 9.64 Å². The predicted octanol–water partition coefficient (Wildman–Crippen LogP) is 4.14. The molecule has 4 aromatic rings. The standard InChI is InChI=1S/C19H15N3O3S/c1-24-14-4-5-17-15(11-14)21-19(26-17)22(12-13-6-8-20-9-7-13)18(23)16-3-2-10-25-16/h2-11H,12H2,1H3. The molecule has 26 heavy (non-hydrogen) atoms. The van der Waals surface area contributed by atoms with Crippen LogP contribution in [0.2, 0.25) is 0 Å². The summed E-state index contributed by atoms with van der Waals surface area (Å²) in [6.45, 7) is 0.374. The smallest absolute Gasteiger partial charge is 0.296 e. The van der Waals surface area contributed by atoms with E-state index in [2.05, 4.69) is 9.97 Å². The number of aromatic nitrogens is 2. The van der Waals surface area contributed by atoms with Crippen LogP contribution in [0.25, 0.3) is 10.2 Å². The highest BCUT2D eigenvalue weighted by Crippen LogP contribution is 2.32. The number of hydrogen-bond acceptors (Lipinski definition) is 6. The summed E-state index contributed by atoms with van der Waals surface area (Å²) in [5.74, 6) is 0.765. The van der Waals surface area contributed by atoms with E-state index in [4.69, 9.17) is 9.15 Å². The Hall–Kier alpha value is -3.19. The molecule has 7 heteroatoms. The van der Waals surface area contributed by atoms with Crippen LogP contribution in [0.15, 0.2) is 65.5 Å². The molecule has 1 amide bonds. The second kappa shape index (κ2) is 6.97. The van der Waals surface area contributed by atoms with Crippen molar-refractivity contribution in [2.24, 2.45) is 0 Å². The number of nitrogens with zero attached hydrogens (tertiary/aromatic N) is 3. The summed E-state index contributed by atoms with van der Waals surface area (Å²) in [6.07, 6.45) is 4.89. The van der Waals surface area contributed by atoms with E-state index in [1.54, 1.807) is 36.5 Å². The van der Waals surface area contributed by atoms with Crippen LogP contribution in [0.1, 0.15) is 16.1 Å². The zero-order chi connectivity index (χ0) is 17.9. The highest BCUT2D eigenvalue weighted by molar-refractivity contribution is 7.22. The van der Waals surface area contributed by atoms with Crippen molar-refractivity contribution in [1.82, 2.24) is 9.97 Å². The van der Waals surface area contributed by atoms with Crippen molar-refractivity contribution in [2.75, 3.05) is 12.0 Å². The van der Waals surface area contributed by atoms with Crippen LogP contribution >= 0.6 is 11.3 Å². The van der Waals surface area contributed by atoms with Gasteiger partial charge in [0.05, 0.1) is 30.1 Å². The normalized spacial score (nSPS) is 10.8. The van der Waals surface area contributed by atoms with Gasteiger partial charge in [-0.2, -0.15) is 0 Å². The zero-order valence-corrected chi connectivity index (χ0v) is 14.8. The zero-order valence-electron chi connectivity index (χ0n) is 14.0. The molecular formula is C19H15N3O3S. The molecule has 130 valence electrons. The monoisotopic (exact) mass is 365 g/mol. The summed E-state index contributed by atoms with van der Waals surface area (Å²) in [6, 6.07) is 12.8. The fourth-order valence-corrected chi connectivity index (χ4v) is 3.51. The predicted molar refractivity (Wildman–Crippen MR) is 99.6 cm³/mol. The fourth-order valence-electron chi connectivity index (χ4n) is 2.57. The lowest BCUT2D eigenvalue weighted by molar-refractivity contribution is 0.0958. The van der Waals surface area contributed by atoms with E-state index in [-0.39, 0.29) is 11.7 Å². The molecule has 0 bridgehead atoms. The first-order valence-corrected chi connectivity index (χ1v) is 8.75. The number of thiazole rings is 1. The van der Waals surface area contributed by atoms with Crippen molar-refractivity contribution < 1.29 is 13.9 Å². The van der Waals surface area contributed by atoms with Crippen LogP contribution in [0.5, 0.6) is 5.75 Å². The molecule has 0 atom stereocenters. The van der Waals surface area contributed by atoms with Gasteiger partial charge in [0, 0.05) is 18.5 Å². The molecule has 0 aliphatic carbocycles. The summed E-state index contributed by atoms with van der Waals surface area (Å²) in [5, 5.41) is 0.603. The van der Waals surface area contributed by atoms with Gasteiger partial charge in [-0.05, 0) is 42.0 Å².